The number of ether oxygens (including phenoxy) is 3. The average molecular weight is 431 g/mol. The lowest BCUT2D eigenvalue weighted by Gasteiger charge is -2.44. The molecule has 1 heterocycles. The number of hydrogen-bond donors (Lipinski definition) is 0. The molecule has 2 aliphatic carbocycles. The van der Waals surface area contributed by atoms with E-state index in [-0.39, 0.29) is 23.7 Å². The van der Waals surface area contributed by atoms with Gasteiger partial charge in [-0.15, -0.1) is 0 Å². The molecule has 6 atom stereocenters. The molecule has 0 aromatic rings. The van der Waals surface area contributed by atoms with Gasteiger partial charge in [0, 0.05) is 17.4 Å². The van der Waals surface area contributed by atoms with Crippen molar-refractivity contribution in [2.45, 2.75) is 85.7 Å². The first-order valence-corrected chi connectivity index (χ1v) is 11.0. The van der Waals surface area contributed by atoms with Crippen molar-refractivity contribution in [1.29, 1.82) is 0 Å². The highest BCUT2D eigenvalue weighted by Crippen LogP contribution is 2.49. The summed E-state index contributed by atoms with van der Waals surface area (Å²) in [6, 6.07) is 0. The summed E-state index contributed by atoms with van der Waals surface area (Å²) in [5.74, 6) is -0.875. The minimum absolute atomic E-state index is 0.0365. The number of hydrogen-bond acceptors (Lipinski definition) is 6. The largest absolute Gasteiger partial charge is 0.454 e. The molecule has 0 aromatic heterocycles. The Morgan fingerprint density at radius 1 is 1.16 bits per heavy atom. The minimum Gasteiger partial charge on any atom is -0.454 e. The van der Waals surface area contributed by atoms with Gasteiger partial charge < -0.3 is 14.2 Å². The van der Waals surface area contributed by atoms with Crippen LogP contribution in [0.2, 0.25) is 0 Å². The fraction of sp³-hybridized carbons (Fsp3) is 0.640. The number of esters is 2. The quantitative estimate of drug-likeness (QED) is 0.289. The number of rotatable bonds is 4. The molecule has 1 saturated heterocycles. The van der Waals surface area contributed by atoms with Crippen molar-refractivity contribution in [3.05, 3.63) is 34.9 Å². The number of Topliss-reactive ketones (excluding diaryl/α,β-unsaturated/α-hetero) is 1. The van der Waals surface area contributed by atoms with Crippen LogP contribution in [0, 0.1) is 17.3 Å². The minimum atomic E-state index is -0.981. The van der Waals surface area contributed by atoms with Gasteiger partial charge in [-0.2, -0.15) is 0 Å². The Morgan fingerprint density at radius 2 is 1.77 bits per heavy atom. The number of carbonyl (C=O) groups excluding carboxylic acids is 3. The SMILES string of the molecule is C/C=C(/C)C(=O)O[C@H]1[C@H](OC(=O)[C@]2(C)O[C@@H]2C)C=C(C)[C@@H]2CC(=O)C(C)=C[C@@H]2C1(C)C. The smallest absolute Gasteiger partial charge is 0.341 e. The van der Waals surface area contributed by atoms with E-state index in [1.807, 2.05) is 46.8 Å². The van der Waals surface area contributed by atoms with E-state index >= 15 is 0 Å². The molecule has 3 aliphatic rings. The molecule has 6 heteroatoms. The summed E-state index contributed by atoms with van der Waals surface area (Å²) < 4.78 is 17.4. The highest BCUT2D eigenvalue weighted by molar-refractivity contribution is 5.96. The molecule has 0 radical (unpaired) electrons. The molecule has 0 aromatic carbocycles. The van der Waals surface area contributed by atoms with Gasteiger partial charge in [-0.25, -0.2) is 9.59 Å². The number of epoxide rings is 1. The molecule has 3 rings (SSSR count). The second-order valence-electron chi connectivity index (χ2n) is 9.88. The van der Waals surface area contributed by atoms with Gasteiger partial charge in [-0.05, 0) is 65.0 Å². The van der Waals surface area contributed by atoms with Gasteiger partial charge in [0.05, 0.1) is 6.10 Å². The van der Waals surface area contributed by atoms with E-state index in [2.05, 4.69) is 0 Å². The summed E-state index contributed by atoms with van der Waals surface area (Å²) >= 11 is 0. The van der Waals surface area contributed by atoms with Crippen LogP contribution in [-0.2, 0) is 28.6 Å². The molecular weight excluding hydrogens is 396 g/mol. The third kappa shape index (κ3) is 4.14. The molecule has 0 spiro atoms. The summed E-state index contributed by atoms with van der Waals surface area (Å²) in [7, 11) is 0. The molecule has 1 fully saturated rings. The predicted molar refractivity (Wildman–Crippen MR) is 116 cm³/mol. The van der Waals surface area contributed by atoms with Crippen LogP contribution in [0.4, 0.5) is 0 Å². The van der Waals surface area contributed by atoms with Crippen LogP contribution in [0.5, 0.6) is 0 Å². The predicted octanol–water partition coefficient (Wildman–Crippen LogP) is 4.09. The molecule has 0 N–H and O–H groups in total. The molecule has 0 saturated carbocycles. The van der Waals surface area contributed by atoms with Crippen molar-refractivity contribution in [2.24, 2.45) is 17.3 Å². The highest BCUT2D eigenvalue weighted by atomic mass is 16.7. The maximum Gasteiger partial charge on any atom is 0.341 e. The van der Waals surface area contributed by atoms with Gasteiger partial charge in [0.2, 0.25) is 0 Å². The zero-order valence-electron chi connectivity index (χ0n) is 19.8. The first kappa shape index (κ1) is 23.5. The lowest BCUT2D eigenvalue weighted by atomic mass is 9.63. The zero-order valence-corrected chi connectivity index (χ0v) is 19.8. The standard InChI is InChI=1S/C25H34O6/c1-9-13(2)22(27)30-21-20(29-23(28)25(8)16(5)31-25)11-14(3)17-12-19(26)15(4)10-18(17)24(21,6)7/h9-11,16-18,20-21H,12H2,1-8H3/b13-9-/t16-,17+,18+,20-,21+,25-/m1/s1. The Bertz CT molecular complexity index is 892. The molecule has 0 amide bonds. The van der Waals surface area contributed by atoms with Crippen molar-refractivity contribution < 1.29 is 28.6 Å². The molecule has 170 valence electrons. The monoisotopic (exact) mass is 430 g/mol. The molecule has 1 aliphatic heterocycles. The van der Waals surface area contributed by atoms with Crippen molar-refractivity contribution in [2.75, 3.05) is 0 Å². The molecule has 31 heavy (non-hydrogen) atoms. The van der Waals surface area contributed by atoms with Crippen molar-refractivity contribution in [3.63, 3.8) is 0 Å². The van der Waals surface area contributed by atoms with Gasteiger partial charge >= 0.3 is 11.9 Å². The second kappa shape index (κ2) is 8.05. The van der Waals surface area contributed by atoms with Crippen molar-refractivity contribution in [3.8, 4) is 0 Å². The van der Waals surface area contributed by atoms with E-state index in [0.717, 1.165) is 11.1 Å². The summed E-state index contributed by atoms with van der Waals surface area (Å²) in [5.41, 5.74) is 0.598. The van der Waals surface area contributed by atoms with E-state index in [1.165, 1.54) is 0 Å². The summed E-state index contributed by atoms with van der Waals surface area (Å²) in [6.45, 7) is 14.8. The Morgan fingerprint density at radius 3 is 2.32 bits per heavy atom. The summed E-state index contributed by atoms with van der Waals surface area (Å²) in [5, 5.41) is 0. The Hall–Kier alpha value is -2.21. The van der Waals surface area contributed by atoms with Crippen LogP contribution in [0.15, 0.2) is 34.9 Å². The van der Waals surface area contributed by atoms with Crippen molar-refractivity contribution >= 4 is 17.7 Å². The number of ketones is 1. The third-order valence-electron chi connectivity index (χ3n) is 7.39. The fourth-order valence-corrected chi connectivity index (χ4v) is 4.66. The van der Waals surface area contributed by atoms with Crippen LogP contribution in [0.3, 0.4) is 0 Å². The van der Waals surface area contributed by atoms with E-state index < -0.39 is 35.2 Å². The van der Waals surface area contributed by atoms with E-state index in [9.17, 15) is 14.4 Å². The maximum atomic E-state index is 12.9. The van der Waals surface area contributed by atoms with Gasteiger partial charge in [-0.3, -0.25) is 4.79 Å². The van der Waals surface area contributed by atoms with Gasteiger partial charge in [0.25, 0.3) is 0 Å². The van der Waals surface area contributed by atoms with Gasteiger partial charge in [-0.1, -0.05) is 31.6 Å². The Labute approximate surface area is 184 Å². The third-order valence-corrected chi connectivity index (χ3v) is 7.39. The summed E-state index contributed by atoms with van der Waals surface area (Å²) in [4.78, 5) is 38.1. The molecular formula is C25H34O6. The fourth-order valence-electron chi connectivity index (χ4n) is 4.66. The van der Waals surface area contributed by atoms with E-state index in [1.54, 1.807) is 26.8 Å². The number of carbonyl (C=O) groups is 3. The lowest BCUT2D eigenvalue weighted by molar-refractivity contribution is -0.176. The first-order chi connectivity index (χ1) is 14.3. The van der Waals surface area contributed by atoms with Crippen LogP contribution in [0.25, 0.3) is 0 Å². The Kier molecular flexibility index (Phi) is 6.09. The van der Waals surface area contributed by atoms with Gasteiger partial charge in [0.1, 0.15) is 6.10 Å². The topological polar surface area (TPSA) is 82.2 Å². The maximum absolute atomic E-state index is 12.9. The van der Waals surface area contributed by atoms with Crippen LogP contribution >= 0.6 is 0 Å². The molecule has 0 bridgehead atoms. The molecule has 0 unspecified atom stereocenters. The van der Waals surface area contributed by atoms with Crippen molar-refractivity contribution in [1.82, 2.24) is 0 Å². The average Bonchev–Trinajstić information content (AvgIpc) is 3.34. The second-order valence-corrected chi connectivity index (χ2v) is 9.88. The number of allylic oxidation sites excluding steroid dienone is 4. The van der Waals surface area contributed by atoms with E-state index in [4.69, 9.17) is 14.2 Å². The first-order valence-electron chi connectivity index (χ1n) is 11.0. The van der Waals surface area contributed by atoms with Crippen LogP contribution in [-0.4, -0.2) is 41.6 Å². The highest BCUT2D eigenvalue weighted by Gasteiger charge is 2.59. The zero-order chi connectivity index (χ0) is 23.3. The lowest BCUT2D eigenvalue weighted by Crippen LogP contribution is -2.49. The van der Waals surface area contributed by atoms with Gasteiger partial charge in [0.15, 0.2) is 17.5 Å². The summed E-state index contributed by atoms with van der Waals surface area (Å²) in [6.07, 6.45) is 4.21. The Balaban J connectivity index is 2.04. The molecule has 6 nitrogen and oxygen atoms in total. The van der Waals surface area contributed by atoms with Crippen LogP contribution < -0.4 is 0 Å². The normalized spacial score (nSPS) is 37.1. The van der Waals surface area contributed by atoms with Crippen LogP contribution in [0.1, 0.15) is 61.8 Å². The van der Waals surface area contributed by atoms with E-state index in [0.29, 0.717) is 12.0 Å². The number of fused-ring (bicyclic) bond motifs is 1.